The average Bonchev–Trinajstić information content (AvgIpc) is 2.44. The molecule has 0 saturated carbocycles. The number of hydrogen-bond acceptors (Lipinski definition) is 4. The first-order chi connectivity index (χ1) is 9.58. The Morgan fingerprint density at radius 1 is 1.20 bits per heavy atom. The van der Waals surface area contributed by atoms with E-state index in [2.05, 4.69) is 30.9 Å². The summed E-state index contributed by atoms with van der Waals surface area (Å²) in [7, 11) is 1.70. The van der Waals surface area contributed by atoms with E-state index >= 15 is 0 Å². The standard InChI is InChI=1S/C14H11BrN4O/c1-8-3-10-12(11(15)4-8)18-13(19(2)14(10)20)9-5-16-7-17-6-9/h3-7H,1-2H3. The Labute approximate surface area is 123 Å². The second-order valence-electron chi connectivity index (χ2n) is 4.57. The van der Waals surface area contributed by atoms with Crippen LogP contribution in [0.2, 0.25) is 0 Å². The molecule has 5 nitrogen and oxygen atoms in total. The summed E-state index contributed by atoms with van der Waals surface area (Å²) in [5.74, 6) is 0.549. The number of rotatable bonds is 1. The first-order valence-corrected chi connectivity index (χ1v) is 6.79. The zero-order chi connectivity index (χ0) is 14.3. The Kier molecular flexibility index (Phi) is 3.10. The van der Waals surface area contributed by atoms with E-state index in [9.17, 15) is 4.79 Å². The monoisotopic (exact) mass is 330 g/mol. The van der Waals surface area contributed by atoms with Crippen LogP contribution in [0.5, 0.6) is 0 Å². The Bertz CT molecular complexity index is 858. The molecule has 3 aromatic rings. The minimum Gasteiger partial charge on any atom is -0.295 e. The zero-order valence-corrected chi connectivity index (χ0v) is 12.5. The Hall–Kier alpha value is -2.08. The van der Waals surface area contributed by atoms with E-state index < -0.39 is 0 Å². The van der Waals surface area contributed by atoms with Gasteiger partial charge in [-0.25, -0.2) is 15.0 Å². The number of fused-ring (bicyclic) bond motifs is 1. The lowest BCUT2D eigenvalue weighted by Crippen LogP contribution is -2.20. The molecule has 0 spiro atoms. The maximum atomic E-state index is 12.5. The minimum absolute atomic E-state index is 0.0850. The van der Waals surface area contributed by atoms with Gasteiger partial charge >= 0.3 is 0 Å². The summed E-state index contributed by atoms with van der Waals surface area (Å²) in [6.45, 7) is 1.95. The Morgan fingerprint density at radius 2 is 1.90 bits per heavy atom. The Morgan fingerprint density at radius 3 is 2.60 bits per heavy atom. The maximum absolute atomic E-state index is 12.5. The topological polar surface area (TPSA) is 60.7 Å². The van der Waals surface area contributed by atoms with Crippen molar-refractivity contribution in [3.8, 4) is 11.4 Å². The van der Waals surface area contributed by atoms with Gasteiger partial charge in [-0.2, -0.15) is 0 Å². The van der Waals surface area contributed by atoms with Gasteiger partial charge < -0.3 is 0 Å². The molecule has 0 atom stereocenters. The fourth-order valence-electron chi connectivity index (χ4n) is 2.14. The highest BCUT2D eigenvalue weighted by Crippen LogP contribution is 2.24. The van der Waals surface area contributed by atoms with Gasteiger partial charge in [-0.1, -0.05) is 0 Å². The van der Waals surface area contributed by atoms with Crippen LogP contribution in [0.1, 0.15) is 5.56 Å². The lowest BCUT2D eigenvalue weighted by Gasteiger charge is -2.10. The molecule has 1 aromatic carbocycles. The highest BCUT2D eigenvalue weighted by Gasteiger charge is 2.12. The molecular formula is C14H11BrN4O. The molecule has 0 radical (unpaired) electrons. The molecule has 0 aliphatic heterocycles. The minimum atomic E-state index is -0.0850. The third-order valence-electron chi connectivity index (χ3n) is 3.10. The molecule has 0 aliphatic rings. The molecular weight excluding hydrogens is 320 g/mol. The van der Waals surface area contributed by atoms with Gasteiger partial charge in [0.2, 0.25) is 0 Å². The fraction of sp³-hybridized carbons (Fsp3) is 0.143. The second-order valence-corrected chi connectivity index (χ2v) is 5.42. The van der Waals surface area contributed by atoms with Crippen molar-refractivity contribution in [1.29, 1.82) is 0 Å². The quantitative estimate of drug-likeness (QED) is 0.687. The van der Waals surface area contributed by atoms with Crippen LogP contribution in [0.25, 0.3) is 22.3 Å². The summed E-state index contributed by atoms with van der Waals surface area (Å²) in [6.07, 6.45) is 4.73. The second kappa shape index (κ2) is 4.79. The van der Waals surface area contributed by atoms with Crippen molar-refractivity contribution in [2.75, 3.05) is 0 Å². The molecule has 0 aliphatic carbocycles. The normalized spacial score (nSPS) is 10.9. The molecule has 0 N–H and O–H groups in total. The van der Waals surface area contributed by atoms with Crippen molar-refractivity contribution in [3.05, 3.63) is 51.2 Å². The number of benzene rings is 1. The summed E-state index contributed by atoms with van der Waals surface area (Å²) in [6, 6.07) is 3.79. The SMILES string of the molecule is Cc1cc(Br)c2nc(-c3cncnc3)n(C)c(=O)c2c1. The maximum Gasteiger partial charge on any atom is 0.261 e. The number of nitrogens with zero attached hydrogens (tertiary/aromatic N) is 4. The largest absolute Gasteiger partial charge is 0.295 e. The van der Waals surface area contributed by atoms with Crippen LogP contribution < -0.4 is 5.56 Å². The number of aromatic nitrogens is 4. The van der Waals surface area contributed by atoms with E-state index in [0.29, 0.717) is 22.3 Å². The molecule has 100 valence electrons. The van der Waals surface area contributed by atoms with Gasteiger partial charge in [0.05, 0.1) is 16.5 Å². The lowest BCUT2D eigenvalue weighted by atomic mass is 10.1. The lowest BCUT2D eigenvalue weighted by molar-refractivity contribution is 0.852. The van der Waals surface area contributed by atoms with E-state index in [1.54, 1.807) is 19.4 Å². The summed E-state index contributed by atoms with van der Waals surface area (Å²) >= 11 is 3.47. The molecule has 0 fully saturated rings. The first kappa shape index (κ1) is 12.9. The first-order valence-electron chi connectivity index (χ1n) is 6.00. The predicted molar refractivity (Wildman–Crippen MR) is 80.4 cm³/mol. The number of aryl methyl sites for hydroxylation is 1. The molecule has 20 heavy (non-hydrogen) atoms. The summed E-state index contributed by atoms with van der Waals surface area (Å²) in [4.78, 5) is 25.0. The number of hydrogen-bond donors (Lipinski definition) is 0. The van der Waals surface area contributed by atoms with E-state index in [0.717, 1.165) is 10.0 Å². The van der Waals surface area contributed by atoms with Gasteiger partial charge in [0.25, 0.3) is 5.56 Å². The van der Waals surface area contributed by atoms with E-state index in [1.807, 2.05) is 19.1 Å². The summed E-state index contributed by atoms with van der Waals surface area (Å²) < 4.78 is 2.33. The molecule has 0 saturated heterocycles. The van der Waals surface area contributed by atoms with E-state index in [4.69, 9.17) is 0 Å². The van der Waals surface area contributed by atoms with Crippen LogP contribution in [0.4, 0.5) is 0 Å². The zero-order valence-electron chi connectivity index (χ0n) is 11.0. The van der Waals surface area contributed by atoms with Gasteiger partial charge in [0, 0.05) is 23.9 Å². The third kappa shape index (κ3) is 2.02. The van der Waals surface area contributed by atoms with Crippen LogP contribution in [-0.2, 0) is 7.05 Å². The van der Waals surface area contributed by atoms with Crippen LogP contribution >= 0.6 is 15.9 Å². The van der Waals surface area contributed by atoms with Crippen molar-refractivity contribution in [3.63, 3.8) is 0 Å². The van der Waals surface area contributed by atoms with Gasteiger partial charge in [-0.15, -0.1) is 0 Å². The third-order valence-corrected chi connectivity index (χ3v) is 3.70. The highest BCUT2D eigenvalue weighted by atomic mass is 79.9. The molecule has 6 heteroatoms. The smallest absolute Gasteiger partial charge is 0.261 e. The van der Waals surface area contributed by atoms with Gasteiger partial charge in [-0.3, -0.25) is 9.36 Å². The van der Waals surface area contributed by atoms with E-state index in [1.165, 1.54) is 10.9 Å². The van der Waals surface area contributed by atoms with Crippen molar-refractivity contribution in [2.45, 2.75) is 6.92 Å². The van der Waals surface area contributed by atoms with Crippen molar-refractivity contribution < 1.29 is 0 Å². The van der Waals surface area contributed by atoms with E-state index in [-0.39, 0.29) is 5.56 Å². The summed E-state index contributed by atoms with van der Waals surface area (Å²) in [5.41, 5.74) is 2.29. The van der Waals surface area contributed by atoms with Crippen LogP contribution in [-0.4, -0.2) is 19.5 Å². The predicted octanol–water partition coefficient (Wildman–Crippen LogP) is 2.46. The Balaban J connectivity index is 2.42. The van der Waals surface area contributed by atoms with Crippen molar-refractivity contribution >= 4 is 26.8 Å². The average molecular weight is 331 g/mol. The molecule has 0 bridgehead atoms. The highest BCUT2D eigenvalue weighted by molar-refractivity contribution is 9.10. The van der Waals surface area contributed by atoms with Gasteiger partial charge in [0.15, 0.2) is 0 Å². The van der Waals surface area contributed by atoms with Crippen LogP contribution in [0.15, 0.2) is 40.1 Å². The number of halogens is 1. The van der Waals surface area contributed by atoms with Crippen LogP contribution in [0.3, 0.4) is 0 Å². The van der Waals surface area contributed by atoms with Crippen molar-refractivity contribution in [2.24, 2.45) is 7.05 Å². The molecule has 3 rings (SSSR count). The fourth-order valence-corrected chi connectivity index (χ4v) is 2.81. The summed E-state index contributed by atoms with van der Waals surface area (Å²) in [5, 5.41) is 0.597. The molecule has 0 amide bonds. The van der Waals surface area contributed by atoms with Crippen LogP contribution in [0, 0.1) is 6.92 Å². The molecule has 2 heterocycles. The van der Waals surface area contributed by atoms with Crippen molar-refractivity contribution in [1.82, 2.24) is 19.5 Å². The molecule has 2 aromatic heterocycles. The molecule has 0 unspecified atom stereocenters. The van der Waals surface area contributed by atoms with Gasteiger partial charge in [-0.05, 0) is 40.5 Å². The van der Waals surface area contributed by atoms with Gasteiger partial charge in [0.1, 0.15) is 12.2 Å².